The van der Waals surface area contributed by atoms with Crippen molar-refractivity contribution in [1.29, 1.82) is 0 Å². The van der Waals surface area contributed by atoms with Crippen LogP contribution in [0.4, 0.5) is 4.79 Å². The molecule has 2 fully saturated rings. The molecule has 1 aromatic heterocycles. The molecule has 7 heteroatoms. The van der Waals surface area contributed by atoms with Crippen LogP contribution in [0.2, 0.25) is 0 Å². The van der Waals surface area contributed by atoms with Crippen LogP contribution in [0.1, 0.15) is 129 Å². The van der Waals surface area contributed by atoms with Crippen molar-refractivity contribution in [2.75, 3.05) is 26.2 Å². The number of likely N-dealkylation sites (tertiary alicyclic amines) is 1. The Labute approximate surface area is 264 Å². The molecule has 1 atom stereocenters. The van der Waals surface area contributed by atoms with Crippen LogP contribution >= 0.6 is 11.3 Å². The molecule has 0 bridgehead atoms. The Balaban J connectivity index is 1.10. The number of carbonyl (C=O) groups excluding carboxylic acids is 1. The van der Waals surface area contributed by atoms with Gasteiger partial charge in [-0.25, -0.2) is 9.78 Å². The van der Waals surface area contributed by atoms with E-state index in [9.17, 15) is 4.79 Å². The number of benzene rings is 1. The lowest BCUT2D eigenvalue weighted by Crippen LogP contribution is -2.49. The Hall–Kier alpha value is -1.96. The van der Waals surface area contributed by atoms with Crippen LogP contribution in [0.25, 0.3) is 11.3 Å². The van der Waals surface area contributed by atoms with Gasteiger partial charge in [-0.1, -0.05) is 46.2 Å². The lowest BCUT2D eigenvalue weighted by atomic mass is 9.63. The summed E-state index contributed by atoms with van der Waals surface area (Å²) in [4.78, 5) is 22.5. The number of aromatic nitrogens is 1. The zero-order chi connectivity index (χ0) is 31.2. The van der Waals surface area contributed by atoms with E-state index in [-0.39, 0.29) is 23.0 Å². The molecule has 0 spiro atoms. The third-order valence-corrected chi connectivity index (χ3v) is 11.0. The highest BCUT2D eigenvalue weighted by Gasteiger charge is 2.45. The van der Waals surface area contributed by atoms with Gasteiger partial charge >= 0.3 is 6.09 Å². The van der Waals surface area contributed by atoms with E-state index in [1.807, 2.05) is 50.9 Å². The van der Waals surface area contributed by atoms with Gasteiger partial charge in [0.05, 0.1) is 23.4 Å². The maximum absolute atomic E-state index is 12.9. The number of fused-ring (bicyclic) bond motifs is 1. The third kappa shape index (κ3) is 7.31. The first-order valence-corrected chi connectivity index (χ1v) is 17.4. The summed E-state index contributed by atoms with van der Waals surface area (Å²) in [6.07, 6.45) is 7.71. The van der Waals surface area contributed by atoms with Gasteiger partial charge in [0, 0.05) is 16.9 Å². The fourth-order valence-electron chi connectivity index (χ4n) is 7.25. The van der Waals surface area contributed by atoms with Crippen LogP contribution in [0.3, 0.4) is 0 Å². The molecule has 1 amide bonds. The largest absolute Gasteiger partial charge is 0.444 e. The van der Waals surface area contributed by atoms with Gasteiger partial charge in [-0.2, -0.15) is 0 Å². The molecule has 3 aliphatic rings. The van der Waals surface area contributed by atoms with Crippen LogP contribution in [0.5, 0.6) is 0 Å². The molecule has 1 unspecified atom stereocenters. The molecule has 3 heterocycles. The van der Waals surface area contributed by atoms with E-state index in [1.54, 1.807) is 0 Å². The molecule has 1 aliphatic carbocycles. The van der Waals surface area contributed by atoms with E-state index in [0.29, 0.717) is 12.5 Å². The van der Waals surface area contributed by atoms with Crippen LogP contribution in [0, 0.1) is 0 Å². The molecule has 5 rings (SSSR count). The van der Waals surface area contributed by atoms with E-state index >= 15 is 0 Å². The van der Waals surface area contributed by atoms with Gasteiger partial charge in [0.2, 0.25) is 0 Å². The van der Waals surface area contributed by atoms with Crippen LogP contribution < -0.4 is 0 Å². The van der Waals surface area contributed by atoms with E-state index in [4.69, 9.17) is 14.5 Å². The lowest BCUT2D eigenvalue weighted by molar-refractivity contribution is -0.0627. The average molecular weight is 610 g/mol. The number of piperidine rings is 1. The number of ether oxygens (including phenoxy) is 2. The number of thiazole rings is 1. The first-order chi connectivity index (χ1) is 20.1. The van der Waals surface area contributed by atoms with Crippen molar-refractivity contribution in [3.8, 4) is 11.3 Å². The summed E-state index contributed by atoms with van der Waals surface area (Å²) in [7, 11) is 0. The molecule has 43 heavy (non-hydrogen) atoms. The van der Waals surface area contributed by atoms with Crippen LogP contribution in [-0.2, 0) is 20.3 Å². The molecular weight excluding hydrogens is 554 g/mol. The second-order valence-electron chi connectivity index (χ2n) is 16.0. The van der Waals surface area contributed by atoms with Crippen molar-refractivity contribution >= 4 is 17.4 Å². The fourth-order valence-corrected chi connectivity index (χ4v) is 8.25. The van der Waals surface area contributed by atoms with Gasteiger partial charge in [0.15, 0.2) is 0 Å². The number of amides is 1. The Kier molecular flexibility index (Phi) is 9.12. The number of rotatable bonds is 7. The average Bonchev–Trinajstić information content (AvgIpc) is 3.53. The van der Waals surface area contributed by atoms with Gasteiger partial charge in [0.1, 0.15) is 11.3 Å². The SMILES string of the molecule is CC(C)(C)OC(=O)N1C(CCCCN2CCC(c3nc(-c4ccc5c(c4)C(C)(C)CCC5(C)C)cs3)CC2)COC1(C)C. The quantitative estimate of drug-likeness (QED) is 0.294. The molecular formula is C36H55N3O3S. The smallest absolute Gasteiger partial charge is 0.412 e. The monoisotopic (exact) mass is 609 g/mol. The molecule has 2 saturated heterocycles. The predicted molar refractivity (Wildman–Crippen MR) is 177 cm³/mol. The number of carbonyl (C=O) groups is 1. The number of hydrogen-bond acceptors (Lipinski definition) is 6. The van der Waals surface area contributed by atoms with Gasteiger partial charge in [0.25, 0.3) is 0 Å². The number of nitrogens with zero attached hydrogens (tertiary/aromatic N) is 3. The molecule has 2 aliphatic heterocycles. The molecule has 0 radical (unpaired) electrons. The summed E-state index contributed by atoms with van der Waals surface area (Å²) in [5.41, 5.74) is 4.75. The molecule has 1 aromatic carbocycles. The third-order valence-electron chi connectivity index (χ3n) is 10.0. The highest BCUT2D eigenvalue weighted by atomic mass is 32.1. The molecule has 0 saturated carbocycles. The van der Waals surface area contributed by atoms with Crippen molar-refractivity contribution in [2.45, 2.75) is 141 Å². The van der Waals surface area contributed by atoms with Gasteiger partial charge < -0.3 is 14.4 Å². The Morgan fingerprint density at radius 2 is 1.70 bits per heavy atom. The zero-order valence-electron chi connectivity index (χ0n) is 28.2. The molecule has 0 N–H and O–H groups in total. The molecule has 238 valence electrons. The first kappa shape index (κ1) is 32.4. The van der Waals surface area contributed by atoms with Gasteiger partial charge in [-0.3, -0.25) is 4.90 Å². The van der Waals surface area contributed by atoms with E-state index in [1.165, 1.54) is 47.4 Å². The maximum atomic E-state index is 12.9. The van der Waals surface area contributed by atoms with E-state index in [0.717, 1.165) is 44.6 Å². The normalized spacial score (nSPS) is 23.7. The summed E-state index contributed by atoms with van der Waals surface area (Å²) in [6.45, 7) is 23.2. The fraction of sp³-hybridized carbons (Fsp3) is 0.722. The molecule has 6 nitrogen and oxygen atoms in total. The molecule has 2 aromatic rings. The van der Waals surface area contributed by atoms with Crippen molar-refractivity contribution < 1.29 is 14.3 Å². The number of hydrogen-bond donors (Lipinski definition) is 0. The van der Waals surface area contributed by atoms with Crippen LogP contribution in [0.15, 0.2) is 23.6 Å². The second kappa shape index (κ2) is 12.1. The Morgan fingerprint density at radius 3 is 2.37 bits per heavy atom. The minimum absolute atomic E-state index is 0.0716. The minimum Gasteiger partial charge on any atom is -0.444 e. The second-order valence-corrected chi connectivity index (χ2v) is 16.9. The summed E-state index contributed by atoms with van der Waals surface area (Å²) in [6, 6.07) is 7.18. The number of unbranched alkanes of at least 4 members (excludes halogenated alkanes) is 1. The Bertz CT molecular complexity index is 1280. The first-order valence-electron chi connectivity index (χ1n) is 16.6. The topological polar surface area (TPSA) is 54.9 Å². The zero-order valence-corrected chi connectivity index (χ0v) is 29.0. The van der Waals surface area contributed by atoms with Crippen LogP contribution in [-0.4, -0.2) is 64.5 Å². The van der Waals surface area contributed by atoms with Gasteiger partial charge in [-0.05, 0) is 121 Å². The minimum atomic E-state index is -0.627. The highest BCUT2D eigenvalue weighted by molar-refractivity contribution is 7.10. The van der Waals surface area contributed by atoms with E-state index in [2.05, 4.69) is 56.2 Å². The van der Waals surface area contributed by atoms with Crippen molar-refractivity contribution in [3.05, 3.63) is 39.7 Å². The maximum Gasteiger partial charge on any atom is 0.412 e. The summed E-state index contributed by atoms with van der Waals surface area (Å²) < 4.78 is 11.7. The predicted octanol–water partition coefficient (Wildman–Crippen LogP) is 8.88. The highest BCUT2D eigenvalue weighted by Crippen LogP contribution is 2.47. The van der Waals surface area contributed by atoms with Crippen molar-refractivity contribution in [1.82, 2.24) is 14.8 Å². The van der Waals surface area contributed by atoms with E-state index < -0.39 is 11.3 Å². The van der Waals surface area contributed by atoms with Crippen molar-refractivity contribution in [3.63, 3.8) is 0 Å². The summed E-state index contributed by atoms with van der Waals surface area (Å²) in [5.74, 6) is 0.559. The lowest BCUT2D eigenvalue weighted by Gasteiger charge is -2.42. The van der Waals surface area contributed by atoms with Crippen molar-refractivity contribution in [2.24, 2.45) is 0 Å². The summed E-state index contributed by atoms with van der Waals surface area (Å²) in [5, 5.41) is 3.58. The Morgan fingerprint density at radius 1 is 1.02 bits per heavy atom. The summed E-state index contributed by atoms with van der Waals surface area (Å²) >= 11 is 1.85. The van der Waals surface area contributed by atoms with Gasteiger partial charge in [-0.15, -0.1) is 11.3 Å². The standard InChI is InChI=1S/C36H55N3O3S/c1-33(2,3)42-32(40)39-27(23-41-36(39,8)9)12-10-11-19-38-20-15-25(16-21-38)31-37-30(24-43-31)26-13-14-28-29(22-26)35(6,7)18-17-34(28,4)5/h13-14,22,24-25,27H,10-12,15-21,23H2,1-9H3.